The van der Waals surface area contributed by atoms with Gasteiger partial charge in [0.2, 0.25) is 0 Å². The molecular weight excluding hydrogens is 431 g/mol. The quantitative estimate of drug-likeness (QED) is 0.392. The molecule has 1 aromatic heterocycles. The van der Waals surface area contributed by atoms with Crippen LogP contribution < -0.4 is 5.32 Å². The third kappa shape index (κ3) is 4.69. The highest BCUT2D eigenvalue weighted by Gasteiger charge is 2.17. The van der Waals surface area contributed by atoms with Gasteiger partial charge >= 0.3 is 0 Å². The third-order valence-corrected chi connectivity index (χ3v) is 5.30. The Labute approximate surface area is 189 Å². The van der Waals surface area contributed by atoms with Gasteiger partial charge in [0.1, 0.15) is 5.82 Å². The van der Waals surface area contributed by atoms with Gasteiger partial charge in [-0.05, 0) is 67.1 Å². The molecule has 0 bridgehead atoms. The number of carbonyl (C=O) groups is 1. The Morgan fingerprint density at radius 1 is 1.06 bits per heavy atom. The van der Waals surface area contributed by atoms with Crippen LogP contribution in [0, 0.1) is 12.7 Å². The smallest absolute Gasteiger partial charge is 0.194 e. The summed E-state index contributed by atoms with van der Waals surface area (Å²) in [4.78, 5) is 13.3. The molecule has 6 nitrogen and oxygen atoms in total. The number of nitrogens with one attached hydrogen (secondary N) is 1. The van der Waals surface area contributed by atoms with Gasteiger partial charge in [-0.1, -0.05) is 22.9 Å². The molecule has 1 heterocycles. The number of rotatable bonds is 7. The van der Waals surface area contributed by atoms with Gasteiger partial charge in [-0.15, -0.1) is 5.10 Å². The molecule has 3 aromatic carbocycles. The molecule has 0 radical (unpaired) electrons. The summed E-state index contributed by atoms with van der Waals surface area (Å²) in [6.07, 6.45) is 2.13. The fourth-order valence-corrected chi connectivity index (χ4v) is 3.54. The zero-order chi connectivity index (χ0) is 22.7. The fourth-order valence-electron chi connectivity index (χ4n) is 3.27. The molecular formula is C24H20ClFN4O2. The van der Waals surface area contributed by atoms with E-state index in [1.807, 2.05) is 19.1 Å². The van der Waals surface area contributed by atoms with Crippen LogP contribution in [0.15, 0.2) is 66.9 Å². The lowest BCUT2D eigenvalue weighted by Crippen LogP contribution is -2.07. The number of ketones is 1. The molecule has 4 rings (SSSR count). The van der Waals surface area contributed by atoms with Gasteiger partial charge in [-0.3, -0.25) is 4.79 Å². The maximum absolute atomic E-state index is 13.3. The fraction of sp³-hybridized carbons (Fsp3) is 0.125. The average Bonchev–Trinajstić information content (AvgIpc) is 3.24. The number of nitrogens with zero attached hydrogens (tertiary/aromatic N) is 3. The largest absolute Gasteiger partial charge is 0.396 e. The first-order chi connectivity index (χ1) is 15.4. The Morgan fingerprint density at radius 3 is 2.53 bits per heavy atom. The van der Waals surface area contributed by atoms with Crippen LogP contribution in [0.3, 0.4) is 0 Å². The molecule has 2 N–H and O–H groups in total. The zero-order valence-electron chi connectivity index (χ0n) is 17.2. The third-order valence-electron chi connectivity index (χ3n) is 4.99. The lowest BCUT2D eigenvalue weighted by atomic mass is 9.98. The predicted molar refractivity (Wildman–Crippen MR) is 121 cm³/mol. The summed E-state index contributed by atoms with van der Waals surface area (Å²) in [5.41, 5.74) is 4.41. The standard InChI is InChI=1S/C24H20ClFN4O2/c1-15-2-8-20(30-14-19(10-11-31)28-29-30)13-22(15)24(32)21-9-7-18(12-23(21)25)27-17-5-3-16(26)4-6-17/h2-9,12-14,27,31H,10-11H2,1H3. The van der Waals surface area contributed by atoms with E-state index in [0.29, 0.717) is 45.3 Å². The summed E-state index contributed by atoms with van der Waals surface area (Å²) in [6, 6.07) is 16.5. The Hall–Kier alpha value is -3.55. The van der Waals surface area contributed by atoms with Crippen LogP contribution in [-0.2, 0) is 6.42 Å². The van der Waals surface area contributed by atoms with E-state index < -0.39 is 0 Å². The molecule has 0 aliphatic carbocycles. The lowest BCUT2D eigenvalue weighted by molar-refractivity contribution is 0.103. The summed E-state index contributed by atoms with van der Waals surface area (Å²) < 4.78 is 14.7. The maximum Gasteiger partial charge on any atom is 0.194 e. The van der Waals surface area contributed by atoms with Crippen molar-refractivity contribution >= 4 is 28.8 Å². The van der Waals surface area contributed by atoms with E-state index in [1.54, 1.807) is 47.3 Å². The minimum atomic E-state index is -0.317. The molecule has 0 unspecified atom stereocenters. The summed E-state index contributed by atoms with van der Waals surface area (Å²) in [7, 11) is 0. The number of aliphatic hydroxyl groups is 1. The minimum Gasteiger partial charge on any atom is -0.396 e. The van der Waals surface area contributed by atoms with Crippen LogP contribution in [0.2, 0.25) is 5.02 Å². The Morgan fingerprint density at radius 2 is 1.81 bits per heavy atom. The van der Waals surface area contributed by atoms with E-state index in [-0.39, 0.29) is 18.2 Å². The van der Waals surface area contributed by atoms with Crippen molar-refractivity contribution in [2.75, 3.05) is 11.9 Å². The van der Waals surface area contributed by atoms with Crippen molar-refractivity contribution in [2.24, 2.45) is 0 Å². The van der Waals surface area contributed by atoms with E-state index in [9.17, 15) is 9.18 Å². The first kappa shape index (κ1) is 21.7. The van der Waals surface area contributed by atoms with Gasteiger partial charge in [0.15, 0.2) is 5.78 Å². The van der Waals surface area contributed by atoms with Crippen LogP contribution in [-0.4, -0.2) is 32.5 Å². The molecule has 0 spiro atoms. The summed E-state index contributed by atoms with van der Waals surface area (Å²) in [5, 5.41) is 20.6. The van der Waals surface area contributed by atoms with Crippen molar-refractivity contribution in [3.8, 4) is 5.69 Å². The molecule has 0 aliphatic rings. The number of anilines is 2. The van der Waals surface area contributed by atoms with Crippen LogP contribution in [0.25, 0.3) is 5.69 Å². The lowest BCUT2D eigenvalue weighted by Gasteiger charge is -2.11. The van der Waals surface area contributed by atoms with Crippen molar-refractivity contribution in [3.63, 3.8) is 0 Å². The molecule has 32 heavy (non-hydrogen) atoms. The van der Waals surface area contributed by atoms with Crippen LogP contribution in [0.4, 0.5) is 15.8 Å². The van der Waals surface area contributed by atoms with Crippen LogP contribution >= 0.6 is 11.6 Å². The van der Waals surface area contributed by atoms with Crippen molar-refractivity contribution in [1.29, 1.82) is 0 Å². The average molecular weight is 451 g/mol. The molecule has 0 atom stereocenters. The maximum atomic E-state index is 13.3. The molecule has 0 aliphatic heterocycles. The van der Waals surface area contributed by atoms with Crippen LogP contribution in [0.5, 0.6) is 0 Å². The van der Waals surface area contributed by atoms with E-state index in [0.717, 1.165) is 5.56 Å². The number of hydrogen-bond acceptors (Lipinski definition) is 5. The summed E-state index contributed by atoms with van der Waals surface area (Å²) in [6.45, 7) is 1.84. The first-order valence-electron chi connectivity index (χ1n) is 9.94. The highest BCUT2D eigenvalue weighted by molar-refractivity contribution is 6.35. The Balaban J connectivity index is 1.60. The monoisotopic (exact) mass is 450 g/mol. The topological polar surface area (TPSA) is 80.0 Å². The van der Waals surface area contributed by atoms with E-state index in [1.165, 1.54) is 12.1 Å². The molecule has 0 saturated heterocycles. The molecule has 8 heteroatoms. The van der Waals surface area contributed by atoms with Gasteiger partial charge in [-0.2, -0.15) is 0 Å². The summed E-state index contributed by atoms with van der Waals surface area (Å²) in [5.74, 6) is -0.527. The van der Waals surface area contributed by atoms with Gasteiger partial charge in [0.25, 0.3) is 0 Å². The number of aromatic nitrogens is 3. The highest BCUT2D eigenvalue weighted by Crippen LogP contribution is 2.27. The van der Waals surface area contributed by atoms with Gasteiger partial charge < -0.3 is 10.4 Å². The van der Waals surface area contributed by atoms with Crippen molar-refractivity contribution in [1.82, 2.24) is 15.0 Å². The first-order valence-corrected chi connectivity index (χ1v) is 10.3. The van der Waals surface area contributed by atoms with E-state index >= 15 is 0 Å². The van der Waals surface area contributed by atoms with Crippen molar-refractivity contribution in [2.45, 2.75) is 13.3 Å². The van der Waals surface area contributed by atoms with Crippen LogP contribution in [0.1, 0.15) is 27.2 Å². The number of halogens is 2. The minimum absolute atomic E-state index is 0.0131. The Bertz CT molecular complexity index is 1270. The van der Waals surface area contributed by atoms with Gasteiger partial charge in [0.05, 0.1) is 22.6 Å². The highest BCUT2D eigenvalue weighted by atomic mass is 35.5. The zero-order valence-corrected chi connectivity index (χ0v) is 18.0. The summed E-state index contributed by atoms with van der Waals surface area (Å²) >= 11 is 6.44. The van der Waals surface area contributed by atoms with E-state index in [2.05, 4.69) is 15.6 Å². The SMILES string of the molecule is Cc1ccc(-n2cc(CCO)nn2)cc1C(=O)c1ccc(Nc2ccc(F)cc2)cc1Cl. The van der Waals surface area contributed by atoms with Gasteiger partial charge in [0, 0.05) is 35.5 Å². The molecule has 0 fully saturated rings. The number of benzene rings is 3. The second-order valence-electron chi connectivity index (χ2n) is 7.28. The van der Waals surface area contributed by atoms with Crippen molar-refractivity contribution in [3.05, 3.63) is 100 Å². The van der Waals surface area contributed by atoms with Gasteiger partial charge in [-0.25, -0.2) is 9.07 Å². The molecule has 0 saturated carbocycles. The number of aliphatic hydroxyl groups excluding tert-OH is 1. The number of hydrogen-bond donors (Lipinski definition) is 2. The van der Waals surface area contributed by atoms with E-state index in [4.69, 9.17) is 16.7 Å². The predicted octanol–water partition coefficient (Wildman–Crippen LogP) is 4.88. The number of carbonyl (C=O) groups excluding carboxylic acids is 1. The molecule has 0 amide bonds. The Kier molecular flexibility index (Phi) is 6.30. The molecule has 162 valence electrons. The second-order valence-corrected chi connectivity index (χ2v) is 7.69. The van der Waals surface area contributed by atoms with Crippen molar-refractivity contribution < 1.29 is 14.3 Å². The number of aryl methyl sites for hydroxylation is 1. The molecule has 4 aromatic rings. The second kappa shape index (κ2) is 9.30. The normalized spacial score (nSPS) is 10.9.